The van der Waals surface area contributed by atoms with Gasteiger partial charge in [-0.25, -0.2) is 13.4 Å². The molecule has 2 rings (SSSR count). The molecule has 1 atom stereocenters. The van der Waals surface area contributed by atoms with Crippen molar-refractivity contribution in [2.75, 3.05) is 5.75 Å². The molecule has 1 aliphatic heterocycles. The average Bonchev–Trinajstić information content (AvgIpc) is 2.82. The molecule has 0 saturated carbocycles. The van der Waals surface area contributed by atoms with Crippen LogP contribution in [0.4, 0.5) is 0 Å². The van der Waals surface area contributed by atoms with E-state index in [0.717, 1.165) is 4.31 Å². The highest BCUT2D eigenvalue weighted by Crippen LogP contribution is 2.24. The van der Waals surface area contributed by atoms with E-state index in [9.17, 15) is 18.3 Å². The van der Waals surface area contributed by atoms with Gasteiger partial charge in [0.2, 0.25) is 10.0 Å². The number of hydrogen-bond donors (Lipinski definition) is 2. The smallest absolute Gasteiger partial charge is 0.322 e. The van der Waals surface area contributed by atoms with E-state index in [4.69, 9.17) is 0 Å². The number of aromatic amines is 1. The van der Waals surface area contributed by atoms with E-state index in [1.165, 1.54) is 6.33 Å². The monoisotopic (exact) mass is 301 g/mol. The molecule has 112 valence electrons. The summed E-state index contributed by atoms with van der Waals surface area (Å²) in [5.74, 6) is -0.912. The van der Waals surface area contributed by atoms with Gasteiger partial charge in [-0.2, -0.15) is 4.31 Å². The van der Waals surface area contributed by atoms with Crippen molar-refractivity contribution in [3.8, 4) is 0 Å². The Hall–Kier alpha value is -1.41. The molecule has 2 heterocycles. The van der Waals surface area contributed by atoms with Crippen LogP contribution in [-0.4, -0.2) is 45.6 Å². The number of nitrogens with one attached hydrogen (secondary N) is 1. The first-order chi connectivity index (χ1) is 9.31. The van der Waals surface area contributed by atoms with Gasteiger partial charge < -0.3 is 10.1 Å². The number of sulfonamides is 1. The van der Waals surface area contributed by atoms with Crippen molar-refractivity contribution in [3.05, 3.63) is 17.7 Å². The summed E-state index contributed by atoms with van der Waals surface area (Å²) in [6.45, 7) is 3.92. The lowest BCUT2D eigenvalue weighted by atomic mass is 10.1. The highest BCUT2D eigenvalue weighted by atomic mass is 32.2. The van der Waals surface area contributed by atoms with Gasteiger partial charge in [-0.15, -0.1) is 0 Å². The van der Waals surface area contributed by atoms with Crippen molar-refractivity contribution in [1.82, 2.24) is 14.3 Å². The summed E-state index contributed by atoms with van der Waals surface area (Å²) in [5.41, 5.74) is 1.31. The Balaban J connectivity index is 2.26. The molecule has 20 heavy (non-hydrogen) atoms. The van der Waals surface area contributed by atoms with Gasteiger partial charge in [0.05, 0.1) is 30.0 Å². The molecule has 2 N–H and O–H groups in total. The Morgan fingerprint density at radius 2 is 2.30 bits per heavy atom. The van der Waals surface area contributed by atoms with Crippen LogP contribution in [0.25, 0.3) is 0 Å². The minimum Gasteiger partial charge on any atom is -0.480 e. The average molecular weight is 301 g/mol. The zero-order valence-corrected chi connectivity index (χ0v) is 12.4. The van der Waals surface area contributed by atoms with Crippen LogP contribution >= 0.6 is 0 Å². The SMILES string of the molecule is CC(C)CCS(=O)(=O)N1Cc2[nH]cnc2CC1C(=O)O. The zero-order chi connectivity index (χ0) is 14.9. The van der Waals surface area contributed by atoms with Gasteiger partial charge in [0.25, 0.3) is 0 Å². The molecule has 1 aromatic heterocycles. The fourth-order valence-corrected chi connectivity index (χ4v) is 4.10. The summed E-state index contributed by atoms with van der Waals surface area (Å²) < 4.78 is 25.8. The lowest BCUT2D eigenvalue weighted by Crippen LogP contribution is -2.49. The minimum absolute atomic E-state index is 0.0298. The molecule has 1 aliphatic rings. The Labute approximate surface area is 118 Å². The molecule has 0 radical (unpaired) electrons. The van der Waals surface area contributed by atoms with Gasteiger partial charge in [-0.3, -0.25) is 4.79 Å². The lowest BCUT2D eigenvalue weighted by molar-refractivity contribution is -0.141. The molecular formula is C12H19N3O4S. The standard InChI is InChI=1S/C12H19N3O4S/c1-8(2)3-4-20(18,19)15-6-10-9(13-7-14-10)5-11(15)12(16)17/h7-8,11H,3-6H2,1-2H3,(H,13,14)(H,16,17). The second-order valence-corrected chi connectivity index (χ2v) is 7.47. The summed E-state index contributed by atoms with van der Waals surface area (Å²) in [6.07, 6.45) is 2.09. The second-order valence-electron chi connectivity index (χ2n) is 5.43. The Morgan fingerprint density at radius 1 is 1.60 bits per heavy atom. The molecule has 0 saturated heterocycles. The maximum Gasteiger partial charge on any atom is 0.322 e. The van der Waals surface area contributed by atoms with E-state index in [-0.39, 0.29) is 24.6 Å². The maximum atomic E-state index is 12.4. The first kappa shape index (κ1) is 15.0. The van der Waals surface area contributed by atoms with E-state index in [1.807, 2.05) is 13.8 Å². The van der Waals surface area contributed by atoms with Crippen molar-refractivity contribution < 1.29 is 18.3 Å². The highest BCUT2D eigenvalue weighted by molar-refractivity contribution is 7.89. The Bertz CT molecular complexity index is 594. The number of carbonyl (C=O) groups is 1. The largest absolute Gasteiger partial charge is 0.480 e. The van der Waals surface area contributed by atoms with E-state index in [2.05, 4.69) is 9.97 Å². The number of fused-ring (bicyclic) bond motifs is 1. The van der Waals surface area contributed by atoms with Crippen molar-refractivity contribution in [2.45, 2.75) is 39.3 Å². The van der Waals surface area contributed by atoms with E-state index in [1.54, 1.807) is 0 Å². The summed E-state index contributed by atoms with van der Waals surface area (Å²) in [5, 5.41) is 9.27. The van der Waals surface area contributed by atoms with Crippen LogP contribution < -0.4 is 0 Å². The van der Waals surface area contributed by atoms with Gasteiger partial charge in [0, 0.05) is 6.42 Å². The number of aliphatic carboxylic acids is 1. The number of nitrogens with zero attached hydrogens (tertiary/aromatic N) is 2. The second kappa shape index (κ2) is 5.53. The molecule has 0 aliphatic carbocycles. The van der Waals surface area contributed by atoms with Crippen LogP contribution in [0, 0.1) is 5.92 Å². The van der Waals surface area contributed by atoms with Gasteiger partial charge in [-0.05, 0) is 12.3 Å². The van der Waals surface area contributed by atoms with E-state index in [0.29, 0.717) is 17.8 Å². The normalized spacial score (nSPS) is 20.1. The number of carboxylic acids is 1. The molecule has 0 aromatic carbocycles. The summed E-state index contributed by atoms with van der Waals surface area (Å²) in [6, 6.07) is -1.07. The Morgan fingerprint density at radius 3 is 2.90 bits per heavy atom. The molecule has 8 heteroatoms. The summed E-state index contributed by atoms with van der Waals surface area (Å²) >= 11 is 0. The fraction of sp³-hybridized carbons (Fsp3) is 0.667. The van der Waals surface area contributed by atoms with Crippen LogP contribution in [-0.2, 0) is 27.8 Å². The van der Waals surface area contributed by atoms with Gasteiger partial charge in [-0.1, -0.05) is 13.8 Å². The molecule has 7 nitrogen and oxygen atoms in total. The first-order valence-electron chi connectivity index (χ1n) is 6.54. The summed E-state index contributed by atoms with van der Waals surface area (Å²) in [7, 11) is -3.59. The molecule has 1 aromatic rings. The molecule has 0 amide bonds. The minimum atomic E-state index is -3.59. The van der Waals surface area contributed by atoms with Gasteiger partial charge in [0.15, 0.2) is 0 Å². The number of imidazole rings is 1. The van der Waals surface area contributed by atoms with Crippen LogP contribution in [0.3, 0.4) is 0 Å². The lowest BCUT2D eigenvalue weighted by Gasteiger charge is -2.31. The molecule has 0 spiro atoms. The van der Waals surface area contributed by atoms with Crippen LogP contribution in [0.1, 0.15) is 31.7 Å². The van der Waals surface area contributed by atoms with E-state index < -0.39 is 22.0 Å². The number of carboxylic acid groups (broad SMARTS) is 1. The third-order valence-corrected chi connectivity index (χ3v) is 5.30. The van der Waals surface area contributed by atoms with Crippen molar-refractivity contribution in [2.24, 2.45) is 5.92 Å². The third-order valence-electron chi connectivity index (χ3n) is 3.45. The van der Waals surface area contributed by atoms with Gasteiger partial charge >= 0.3 is 5.97 Å². The number of rotatable bonds is 5. The fourth-order valence-electron chi connectivity index (χ4n) is 2.22. The zero-order valence-electron chi connectivity index (χ0n) is 11.5. The number of aromatic nitrogens is 2. The molecule has 0 bridgehead atoms. The van der Waals surface area contributed by atoms with Crippen LogP contribution in [0.2, 0.25) is 0 Å². The predicted molar refractivity (Wildman–Crippen MR) is 72.5 cm³/mol. The Kier molecular flexibility index (Phi) is 4.14. The number of hydrogen-bond acceptors (Lipinski definition) is 4. The number of H-pyrrole nitrogens is 1. The molecule has 1 unspecified atom stereocenters. The van der Waals surface area contributed by atoms with Crippen molar-refractivity contribution >= 4 is 16.0 Å². The topological polar surface area (TPSA) is 103 Å². The van der Waals surface area contributed by atoms with Crippen LogP contribution in [0.5, 0.6) is 0 Å². The summed E-state index contributed by atoms with van der Waals surface area (Å²) in [4.78, 5) is 18.3. The van der Waals surface area contributed by atoms with Crippen LogP contribution in [0.15, 0.2) is 6.33 Å². The molecule has 0 fully saturated rings. The maximum absolute atomic E-state index is 12.4. The van der Waals surface area contributed by atoms with Crippen molar-refractivity contribution in [3.63, 3.8) is 0 Å². The highest BCUT2D eigenvalue weighted by Gasteiger charge is 2.39. The predicted octanol–water partition coefficient (Wildman–Crippen LogP) is 0.597. The molecular weight excluding hydrogens is 282 g/mol. The van der Waals surface area contributed by atoms with E-state index >= 15 is 0 Å². The first-order valence-corrected chi connectivity index (χ1v) is 8.15. The van der Waals surface area contributed by atoms with Crippen molar-refractivity contribution in [1.29, 1.82) is 0 Å². The third kappa shape index (κ3) is 3.01. The quantitative estimate of drug-likeness (QED) is 0.828. The van der Waals surface area contributed by atoms with Gasteiger partial charge in [0.1, 0.15) is 6.04 Å².